The van der Waals surface area contributed by atoms with Crippen LogP contribution in [0, 0.1) is 5.82 Å². The van der Waals surface area contributed by atoms with Crippen molar-refractivity contribution in [2.75, 3.05) is 33.8 Å². The molecule has 1 saturated heterocycles. The van der Waals surface area contributed by atoms with Crippen LogP contribution in [-0.4, -0.2) is 72.4 Å². The van der Waals surface area contributed by atoms with Crippen LogP contribution in [0.4, 0.5) is 4.39 Å². The van der Waals surface area contributed by atoms with Gasteiger partial charge in [-0.3, -0.25) is 19.3 Å². The number of amides is 1. The van der Waals surface area contributed by atoms with Gasteiger partial charge in [-0.1, -0.05) is 0 Å². The monoisotopic (exact) mass is 394 g/mol. The number of likely N-dealkylation sites (N-methyl/N-ethyl adjacent to an activating group) is 1. The fourth-order valence-corrected chi connectivity index (χ4v) is 3.47. The minimum atomic E-state index is -0.867. The fraction of sp³-hybridized carbons (Fsp3) is 0.550. The van der Waals surface area contributed by atoms with E-state index in [0.717, 1.165) is 18.9 Å². The number of hydrogen-bond acceptors (Lipinski definition) is 5. The van der Waals surface area contributed by atoms with Gasteiger partial charge in [0.15, 0.2) is 17.3 Å². The molecule has 1 heterocycles. The van der Waals surface area contributed by atoms with Crippen LogP contribution in [0.3, 0.4) is 0 Å². The third-order valence-corrected chi connectivity index (χ3v) is 5.10. The predicted molar refractivity (Wildman–Crippen MR) is 101 cm³/mol. The van der Waals surface area contributed by atoms with Crippen LogP contribution in [0.2, 0.25) is 0 Å². The highest BCUT2D eigenvalue weighted by Gasteiger charge is 2.24. The summed E-state index contributed by atoms with van der Waals surface area (Å²) in [4.78, 5) is 39.1. The number of carbonyl (C=O) groups is 3. The minimum absolute atomic E-state index is 0.0173. The number of likely N-dealkylation sites (tertiary alicyclic amines) is 1. The second kappa shape index (κ2) is 10.2. The molecule has 28 heavy (non-hydrogen) atoms. The van der Waals surface area contributed by atoms with Crippen molar-refractivity contribution in [3.05, 3.63) is 29.6 Å². The molecule has 1 aliphatic rings. The Labute approximate surface area is 164 Å². The number of halogens is 1. The summed E-state index contributed by atoms with van der Waals surface area (Å²) >= 11 is 0. The number of carboxylic acid groups (broad SMARTS) is 1. The summed E-state index contributed by atoms with van der Waals surface area (Å²) in [6.07, 6.45) is 2.41. The van der Waals surface area contributed by atoms with Gasteiger partial charge in [0.2, 0.25) is 5.91 Å². The SMILES string of the molecule is COc1ccc(C(=O)CCC(=O)N2CCCC(N(C)CC(=O)O)CC2)cc1F. The zero-order valence-electron chi connectivity index (χ0n) is 16.3. The lowest BCUT2D eigenvalue weighted by Gasteiger charge is -2.25. The van der Waals surface area contributed by atoms with Crippen molar-refractivity contribution in [3.63, 3.8) is 0 Å². The van der Waals surface area contributed by atoms with E-state index >= 15 is 0 Å². The summed E-state index contributed by atoms with van der Waals surface area (Å²) in [6, 6.07) is 4.13. The predicted octanol–water partition coefficient (Wildman–Crippen LogP) is 2.19. The third-order valence-electron chi connectivity index (χ3n) is 5.10. The van der Waals surface area contributed by atoms with Crippen LogP contribution in [0.25, 0.3) is 0 Å². The number of rotatable bonds is 8. The number of carbonyl (C=O) groups excluding carboxylic acids is 2. The Balaban J connectivity index is 1.85. The molecule has 0 saturated carbocycles. The van der Waals surface area contributed by atoms with Crippen molar-refractivity contribution < 1.29 is 28.6 Å². The van der Waals surface area contributed by atoms with Crippen LogP contribution >= 0.6 is 0 Å². The van der Waals surface area contributed by atoms with Gasteiger partial charge in [0.1, 0.15) is 0 Å². The van der Waals surface area contributed by atoms with Gasteiger partial charge in [-0.25, -0.2) is 4.39 Å². The van der Waals surface area contributed by atoms with Gasteiger partial charge in [-0.05, 0) is 44.5 Å². The number of hydrogen-bond donors (Lipinski definition) is 1. The molecule has 1 N–H and O–H groups in total. The molecule has 0 aliphatic carbocycles. The van der Waals surface area contributed by atoms with Gasteiger partial charge in [-0.2, -0.15) is 0 Å². The minimum Gasteiger partial charge on any atom is -0.494 e. The molecule has 1 unspecified atom stereocenters. The summed E-state index contributed by atoms with van der Waals surface area (Å²) in [6.45, 7) is 1.12. The van der Waals surface area contributed by atoms with Gasteiger partial charge in [0.05, 0.1) is 13.7 Å². The summed E-state index contributed by atoms with van der Waals surface area (Å²) in [5.41, 5.74) is 0.220. The Kier molecular flexibility index (Phi) is 7.92. The molecule has 1 amide bonds. The van der Waals surface area contributed by atoms with Crippen LogP contribution in [0.1, 0.15) is 42.5 Å². The zero-order chi connectivity index (χ0) is 20.7. The molecule has 154 valence electrons. The highest BCUT2D eigenvalue weighted by atomic mass is 19.1. The molecule has 0 radical (unpaired) electrons. The van der Waals surface area contributed by atoms with Crippen LogP contribution in [0.5, 0.6) is 5.75 Å². The van der Waals surface area contributed by atoms with Crippen LogP contribution < -0.4 is 4.74 Å². The topological polar surface area (TPSA) is 87.2 Å². The standard InChI is InChI=1S/C20H27FN2O5/c1-22(13-20(26)27)15-4-3-10-23(11-9-15)19(25)8-6-17(24)14-5-7-18(28-2)16(21)12-14/h5,7,12,15H,3-4,6,8-11,13H2,1-2H3,(H,26,27). The molecule has 1 atom stereocenters. The van der Waals surface area contributed by atoms with E-state index in [4.69, 9.17) is 9.84 Å². The van der Waals surface area contributed by atoms with Gasteiger partial charge < -0.3 is 14.7 Å². The molecule has 0 spiro atoms. The van der Waals surface area contributed by atoms with Crippen LogP contribution in [-0.2, 0) is 9.59 Å². The highest BCUT2D eigenvalue weighted by molar-refractivity contribution is 5.98. The molecular formula is C20H27FN2O5. The fourth-order valence-electron chi connectivity index (χ4n) is 3.47. The number of ether oxygens (including phenoxy) is 1. The third kappa shape index (κ3) is 6.02. The van der Waals surface area contributed by atoms with E-state index in [1.54, 1.807) is 16.8 Å². The number of aliphatic carboxylic acids is 1. The average molecular weight is 394 g/mol. The highest BCUT2D eigenvalue weighted by Crippen LogP contribution is 2.20. The van der Waals surface area contributed by atoms with E-state index in [2.05, 4.69) is 0 Å². The Morgan fingerprint density at radius 2 is 2.00 bits per heavy atom. The smallest absolute Gasteiger partial charge is 0.317 e. The Morgan fingerprint density at radius 3 is 2.64 bits per heavy atom. The number of benzene rings is 1. The van der Waals surface area contributed by atoms with E-state index in [0.29, 0.717) is 19.5 Å². The second-order valence-corrected chi connectivity index (χ2v) is 7.05. The van der Waals surface area contributed by atoms with Crippen molar-refractivity contribution in [2.24, 2.45) is 0 Å². The number of nitrogens with zero attached hydrogens (tertiary/aromatic N) is 2. The number of Topliss-reactive ketones (excluding diaryl/α,β-unsaturated/α-hetero) is 1. The van der Waals surface area contributed by atoms with Crippen molar-refractivity contribution in [1.29, 1.82) is 0 Å². The number of carboxylic acids is 1. The van der Waals surface area contributed by atoms with E-state index < -0.39 is 11.8 Å². The first kappa shape index (κ1) is 21.8. The van der Waals surface area contributed by atoms with Gasteiger partial charge in [0.25, 0.3) is 0 Å². The Bertz CT molecular complexity index is 725. The maximum absolute atomic E-state index is 13.7. The lowest BCUT2D eigenvalue weighted by atomic mass is 10.1. The maximum Gasteiger partial charge on any atom is 0.317 e. The zero-order valence-corrected chi connectivity index (χ0v) is 16.3. The average Bonchev–Trinajstić information content (AvgIpc) is 2.91. The molecule has 1 fully saturated rings. The lowest BCUT2D eigenvalue weighted by Crippen LogP contribution is -2.37. The summed E-state index contributed by atoms with van der Waals surface area (Å²) in [7, 11) is 3.13. The summed E-state index contributed by atoms with van der Waals surface area (Å²) in [5.74, 6) is -1.80. The van der Waals surface area contributed by atoms with Gasteiger partial charge >= 0.3 is 5.97 Å². The summed E-state index contributed by atoms with van der Waals surface area (Å²) < 4.78 is 18.6. The summed E-state index contributed by atoms with van der Waals surface area (Å²) in [5, 5.41) is 8.92. The first-order valence-electron chi connectivity index (χ1n) is 9.38. The number of methoxy groups -OCH3 is 1. The molecule has 0 aromatic heterocycles. The maximum atomic E-state index is 13.7. The van der Waals surface area contributed by atoms with Crippen molar-refractivity contribution in [1.82, 2.24) is 9.80 Å². The van der Waals surface area contributed by atoms with Crippen molar-refractivity contribution >= 4 is 17.7 Å². The van der Waals surface area contributed by atoms with Gasteiger partial charge in [-0.15, -0.1) is 0 Å². The van der Waals surface area contributed by atoms with Crippen LogP contribution in [0.15, 0.2) is 18.2 Å². The van der Waals surface area contributed by atoms with E-state index in [-0.39, 0.29) is 48.4 Å². The molecule has 8 heteroatoms. The first-order chi connectivity index (χ1) is 13.3. The molecule has 7 nitrogen and oxygen atoms in total. The van der Waals surface area contributed by atoms with E-state index in [1.807, 2.05) is 0 Å². The molecular weight excluding hydrogens is 367 g/mol. The lowest BCUT2D eigenvalue weighted by molar-refractivity contribution is -0.138. The normalized spacial score (nSPS) is 17.3. The van der Waals surface area contributed by atoms with E-state index in [9.17, 15) is 18.8 Å². The van der Waals surface area contributed by atoms with E-state index in [1.165, 1.54) is 19.2 Å². The molecule has 2 rings (SSSR count). The molecule has 1 aliphatic heterocycles. The molecule has 0 bridgehead atoms. The largest absolute Gasteiger partial charge is 0.494 e. The number of ketones is 1. The first-order valence-corrected chi connectivity index (χ1v) is 9.38. The Morgan fingerprint density at radius 1 is 1.25 bits per heavy atom. The quantitative estimate of drug-likeness (QED) is 0.680. The van der Waals surface area contributed by atoms with Crippen molar-refractivity contribution in [2.45, 2.75) is 38.1 Å². The second-order valence-electron chi connectivity index (χ2n) is 7.05. The van der Waals surface area contributed by atoms with Gasteiger partial charge in [0, 0.05) is 37.5 Å². The molecule has 1 aromatic carbocycles. The molecule has 1 aromatic rings. The Hall–Kier alpha value is -2.48. The van der Waals surface area contributed by atoms with Crippen molar-refractivity contribution in [3.8, 4) is 5.75 Å².